The largest absolute Gasteiger partial charge is 0.385 e. The van der Waals surface area contributed by atoms with Gasteiger partial charge in [-0.05, 0) is 25.3 Å². The number of hydrogen-bond donors (Lipinski definition) is 1. The third-order valence-corrected chi connectivity index (χ3v) is 4.15. The number of carbonyl (C=O) groups is 1. The van der Waals surface area contributed by atoms with Crippen LogP contribution in [0.3, 0.4) is 0 Å². The molecule has 1 aliphatic heterocycles. The lowest BCUT2D eigenvalue weighted by atomic mass is 9.95. The van der Waals surface area contributed by atoms with E-state index in [-0.39, 0.29) is 11.5 Å². The number of rotatable bonds is 4. The van der Waals surface area contributed by atoms with Gasteiger partial charge in [-0.2, -0.15) is 0 Å². The fourth-order valence-electron chi connectivity index (χ4n) is 2.93. The number of amides is 1. The highest BCUT2D eigenvalue weighted by Gasteiger charge is 2.32. The van der Waals surface area contributed by atoms with Crippen molar-refractivity contribution in [2.45, 2.75) is 13.3 Å². The van der Waals surface area contributed by atoms with Crippen molar-refractivity contribution in [2.24, 2.45) is 13.0 Å². The summed E-state index contributed by atoms with van der Waals surface area (Å²) < 4.78 is 6.62. The summed E-state index contributed by atoms with van der Waals surface area (Å²) in [5.41, 5.74) is 1.41. The Labute approximate surface area is 127 Å². The minimum absolute atomic E-state index is 0.0964. The summed E-state index contributed by atoms with van der Waals surface area (Å²) in [6.45, 7) is 3.97. The van der Waals surface area contributed by atoms with Crippen molar-refractivity contribution >= 4 is 16.9 Å². The maximum atomic E-state index is 12.7. The molecule has 1 aliphatic rings. The predicted molar refractivity (Wildman–Crippen MR) is 82.0 cm³/mol. The first-order valence-electron chi connectivity index (χ1n) is 7.35. The van der Waals surface area contributed by atoms with Crippen LogP contribution in [0.1, 0.15) is 22.5 Å². The van der Waals surface area contributed by atoms with E-state index in [0.717, 1.165) is 25.2 Å². The van der Waals surface area contributed by atoms with Gasteiger partial charge >= 0.3 is 0 Å². The van der Waals surface area contributed by atoms with E-state index >= 15 is 0 Å². The summed E-state index contributed by atoms with van der Waals surface area (Å²) in [5, 5.41) is 3.03. The van der Waals surface area contributed by atoms with E-state index < -0.39 is 0 Å². The third-order valence-electron chi connectivity index (χ3n) is 4.15. The third kappa shape index (κ3) is 2.41. The Morgan fingerprint density at radius 2 is 2.23 bits per heavy atom. The molecule has 0 saturated carbocycles. The highest BCUT2D eigenvalue weighted by atomic mass is 16.5. The Hall–Kier alpha value is -2.15. The fraction of sp³-hybridized carbons (Fsp3) is 0.533. The van der Waals surface area contributed by atoms with Crippen LogP contribution in [-0.2, 0) is 11.8 Å². The van der Waals surface area contributed by atoms with E-state index in [0.29, 0.717) is 29.1 Å². The molecule has 0 radical (unpaired) electrons. The minimum atomic E-state index is -0.273. The summed E-state index contributed by atoms with van der Waals surface area (Å²) >= 11 is 0. The second-order valence-electron chi connectivity index (χ2n) is 5.87. The van der Waals surface area contributed by atoms with E-state index in [1.807, 2.05) is 6.92 Å². The number of nitrogens with one attached hydrogen (secondary N) is 1. The number of H-pyrrole nitrogens is 1. The predicted octanol–water partition coefficient (Wildman–Crippen LogP) is 0.679. The van der Waals surface area contributed by atoms with Gasteiger partial charge in [-0.15, -0.1) is 0 Å². The molecule has 0 spiro atoms. The standard InChI is InChI=1S/C15H20N4O3/c1-9-6-11(12-13(16-9)18(2)17-14(12)20)15(21)19-7-10(8-19)4-5-22-3/h6,10H,4-5,7-8H2,1-3H3,(H,17,20). The molecule has 1 amide bonds. The van der Waals surface area contributed by atoms with Gasteiger partial charge in [0, 0.05) is 39.5 Å². The summed E-state index contributed by atoms with van der Waals surface area (Å²) in [4.78, 5) is 30.9. The molecule has 0 aliphatic carbocycles. The van der Waals surface area contributed by atoms with Crippen molar-refractivity contribution in [2.75, 3.05) is 26.8 Å². The zero-order valence-corrected chi connectivity index (χ0v) is 13.0. The SMILES string of the molecule is COCCC1CN(C(=O)c2cc(C)nc3c2c(=O)[nH]n3C)C1. The molecular weight excluding hydrogens is 284 g/mol. The van der Waals surface area contributed by atoms with Gasteiger partial charge in [0.25, 0.3) is 11.5 Å². The van der Waals surface area contributed by atoms with Crippen LogP contribution >= 0.6 is 0 Å². The van der Waals surface area contributed by atoms with Crippen molar-refractivity contribution in [3.05, 3.63) is 27.7 Å². The number of methoxy groups -OCH3 is 1. The molecule has 1 saturated heterocycles. The molecular formula is C15H20N4O3. The molecule has 7 nitrogen and oxygen atoms in total. The van der Waals surface area contributed by atoms with Crippen LogP contribution in [0.25, 0.3) is 11.0 Å². The van der Waals surface area contributed by atoms with Gasteiger partial charge in [0.15, 0.2) is 5.65 Å². The zero-order valence-electron chi connectivity index (χ0n) is 13.0. The molecule has 2 aromatic rings. The highest BCUT2D eigenvalue weighted by Crippen LogP contribution is 2.24. The van der Waals surface area contributed by atoms with Crippen LogP contribution < -0.4 is 5.56 Å². The van der Waals surface area contributed by atoms with E-state index in [1.54, 1.807) is 29.8 Å². The lowest BCUT2D eigenvalue weighted by molar-refractivity contribution is 0.0425. The first-order chi connectivity index (χ1) is 10.5. The molecule has 22 heavy (non-hydrogen) atoms. The van der Waals surface area contributed by atoms with Crippen molar-refractivity contribution in [1.82, 2.24) is 19.7 Å². The number of nitrogens with zero attached hydrogens (tertiary/aromatic N) is 3. The Morgan fingerprint density at radius 1 is 1.50 bits per heavy atom. The van der Waals surface area contributed by atoms with Crippen LogP contribution in [0, 0.1) is 12.8 Å². The Morgan fingerprint density at radius 3 is 2.91 bits per heavy atom. The van der Waals surface area contributed by atoms with E-state index in [1.165, 1.54) is 0 Å². The summed E-state index contributed by atoms with van der Waals surface area (Å²) in [6.07, 6.45) is 0.955. The Bertz CT molecular complexity index is 771. The topological polar surface area (TPSA) is 80.2 Å². The minimum Gasteiger partial charge on any atom is -0.385 e. The van der Waals surface area contributed by atoms with Gasteiger partial charge in [0.2, 0.25) is 0 Å². The van der Waals surface area contributed by atoms with E-state index in [9.17, 15) is 9.59 Å². The van der Waals surface area contributed by atoms with E-state index in [2.05, 4.69) is 10.1 Å². The van der Waals surface area contributed by atoms with E-state index in [4.69, 9.17) is 4.74 Å². The van der Waals surface area contributed by atoms with Gasteiger partial charge in [-0.3, -0.25) is 19.4 Å². The molecule has 0 unspecified atom stereocenters. The van der Waals surface area contributed by atoms with Gasteiger partial charge < -0.3 is 9.64 Å². The lowest BCUT2D eigenvalue weighted by Gasteiger charge is -2.39. The maximum absolute atomic E-state index is 12.7. The first-order valence-corrected chi connectivity index (χ1v) is 7.35. The quantitative estimate of drug-likeness (QED) is 0.900. The van der Waals surface area contributed by atoms with Crippen LogP contribution in [0.4, 0.5) is 0 Å². The molecule has 1 fully saturated rings. The Kier molecular flexibility index (Phi) is 3.74. The smallest absolute Gasteiger partial charge is 0.274 e. The molecule has 1 N–H and O–H groups in total. The van der Waals surface area contributed by atoms with Crippen LogP contribution in [0.2, 0.25) is 0 Å². The van der Waals surface area contributed by atoms with Crippen LogP contribution in [-0.4, -0.2) is 52.4 Å². The van der Waals surface area contributed by atoms with Gasteiger partial charge in [0.1, 0.15) is 0 Å². The summed E-state index contributed by atoms with van der Waals surface area (Å²) in [6, 6.07) is 1.70. The fourth-order valence-corrected chi connectivity index (χ4v) is 2.93. The van der Waals surface area contributed by atoms with Crippen LogP contribution in [0.15, 0.2) is 10.9 Å². The lowest BCUT2D eigenvalue weighted by Crippen LogP contribution is -2.50. The van der Waals surface area contributed by atoms with Crippen molar-refractivity contribution < 1.29 is 9.53 Å². The number of ether oxygens (including phenoxy) is 1. The van der Waals surface area contributed by atoms with Gasteiger partial charge in [-0.1, -0.05) is 0 Å². The second-order valence-corrected chi connectivity index (χ2v) is 5.87. The van der Waals surface area contributed by atoms with Crippen molar-refractivity contribution in [3.63, 3.8) is 0 Å². The molecule has 0 atom stereocenters. The summed E-state index contributed by atoms with van der Waals surface area (Å²) in [7, 11) is 3.40. The number of hydrogen-bond acceptors (Lipinski definition) is 4. The zero-order chi connectivity index (χ0) is 15.9. The number of aromatic nitrogens is 3. The van der Waals surface area contributed by atoms with Crippen molar-refractivity contribution in [1.29, 1.82) is 0 Å². The first kappa shape index (κ1) is 14.8. The number of pyridine rings is 1. The van der Waals surface area contributed by atoms with Crippen LogP contribution in [0.5, 0.6) is 0 Å². The second kappa shape index (κ2) is 5.57. The Balaban J connectivity index is 1.88. The highest BCUT2D eigenvalue weighted by molar-refractivity contribution is 6.05. The van der Waals surface area contributed by atoms with Gasteiger partial charge in [0.05, 0.1) is 10.9 Å². The molecule has 7 heteroatoms. The molecule has 2 aromatic heterocycles. The molecule has 3 heterocycles. The van der Waals surface area contributed by atoms with Gasteiger partial charge in [-0.25, -0.2) is 4.98 Å². The molecule has 118 valence electrons. The average Bonchev–Trinajstić information content (AvgIpc) is 2.71. The number of likely N-dealkylation sites (tertiary alicyclic amines) is 1. The average molecular weight is 304 g/mol. The number of aromatic amines is 1. The maximum Gasteiger partial charge on any atom is 0.274 e. The number of aryl methyl sites for hydroxylation is 2. The normalized spacial score (nSPS) is 15.3. The molecule has 3 rings (SSSR count). The monoisotopic (exact) mass is 304 g/mol. The number of carbonyl (C=O) groups excluding carboxylic acids is 1. The molecule has 0 aromatic carbocycles. The van der Waals surface area contributed by atoms with Crippen molar-refractivity contribution in [3.8, 4) is 0 Å². The molecule has 0 bridgehead atoms. The number of fused-ring (bicyclic) bond motifs is 1. The summed E-state index contributed by atoms with van der Waals surface area (Å²) in [5.74, 6) is 0.386.